The fourth-order valence-corrected chi connectivity index (χ4v) is 4.38. The Bertz CT molecular complexity index is 496. The van der Waals surface area contributed by atoms with Crippen LogP contribution in [0.5, 0.6) is 0 Å². The highest BCUT2D eigenvalue weighted by molar-refractivity contribution is 6.30. The van der Waals surface area contributed by atoms with Crippen molar-refractivity contribution < 1.29 is 9.59 Å². The predicted octanol–water partition coefficient (Wildman–Crippen LogP) is -0.973. The van der Waals surface area contributed by atoms with Gasteiger partial charge in [0.15, 0.2) is 0 Å². The standard InChI is InChI=1S/C15H26Cl2N6O2/c16-9-5-8(14(18)24)12(6-10(9)17)20-15(25)11-1-2-13(22-21-11)23-4-3-19-7-23/h8-13,19,21-22H,1-7H2,(H2,18,24)(H,20,25). The number of halogens is 2. The minimum Gasteiger partial charge on any atom is -0.369 e. The number of hydrogen-bond donors (Lipinski definition) is 5. The molecule has 2 saturated heterocycles. The van der Waals surface area contributed by atoms with Gasteiger partial charge < -0.3 is 16.4 Å². The van der Waals surface area contributed by atoms with Gasteiger partial charge in [-0.3, -0.25) is 14.5 Å². The van der Waals surface area contributed by atoms with Crippen LogP contribution >= 0.6 is 23.2 Å². The van der Waals surface area contributed by atoms with Gasteiger partial charge in [-0.05, 0) is 25.7 Å². The zero-order chi connectivity index (χ0) is 18.0. The molecular formula is C15H26Cl2N6O2. The molecule has 1 aliphatic carbocycles. The van der Waals surface area contributed by atoms with E-state index >= 15 is 0 Å². The number of nitrogens with one attached hydrogen (secondary N) is 4. The Kier molecular flexibility index (Phi) is 6.40. The van der Waals surface area contributed by atoms with Crippen molar-refractivity contribution in [1.82, 2.24) is 26.4 Å². The van der Waals surface area contributed by atoms with E-state index in [1.54, 1.807) is 0 Å². The second kappa shape index (κ2) is 8.37. The summed E-state index contributed by atoms with van der Waals surface area (Å²) in [5, 5.41) is 5.64. The van der Waals surface area contributed by atoms with Crippen LogP contribution in [0.2, 0.25) is 0 Å². The Hall–Kier alpha value is -0.640. The van der Waals surface area contributed by atoms with Crippen molar-refractivity contribution >= 4 is 35.0 Å². The van der Waals surface area contributed by atoms with Crippen molar-refractivity contribution in [2.75, 3.05) is 19.8 Å². The lowest BCUT2D eigenvalue weighted by Crippen LogP contribution is -2.63. The van der Waals surface area contributed by atoms with Crippen LogP contribution in [0, 0.1) is 5.92 Å². The summed E-state index contributed by atoms with van der Waals surface area (Å²) in [7, 11) is 0. The molecular weight excluding hydrogens is 367 g/mol. The number of rotatable bonds is 4. The van der Waals surface area contributed by atoms with Gasteiger partial charge in [-0.2, -0.15) is 0 Å². The zero-order valence-electron chi connectivity index (χ0n) is 14.0. The molecule has 0 radical (unpaired) electrons. The van der Waals surface area contributed by atoms with Crippen LogP contribution in [0.3, 0.4) is 0 Å². The largest absolute Gasteiger partial charge is 0.369 e. The van der Waals surface area contributed by atoms with Gasteiger partial charge >= 0.3 is 0 Å². The van der Waals surface area contributed by atoms with Gasteiger partial charge in [0.05, 0.1) is 22.8 Å². The van der Waals surface area contributed by atoms with Gasteiger partial charge in [-0.25, -0.2) is 10.9 Å². The molecule has 6 unspecified atom stereocenters. The van der Waals surface area contributed by atoms with Crippen molar-refractivity contribution in [1.29, 1.82) is 0 Å². The fourth-order valence-electron chi connectivity index (χ4n) is 3.79. The third-order valence-corrected chi connectivity index (χ3v) is 6.42. The van der Waals surface area contributed by atoms with Crippen molar-refractivity contribution in [2.24, 2.45) is 11.7 Å². The van der Waals surface area contributed by atoms with Crippen molar-refractivity contribution in [3.05, 3.63) is 0 Å². The fraction of sp³-hybridized carbons (Fsp3) is 0.867. The van der Waals surface area contributed by atoms with Crippen LogP contribution in [-0.2, 0) is 9.59 Å². The van der Waals surface area contributed by atoms with Crippen LogP contribution in [0.1, 0.15) is 25.7 Å². The number of hydrogen-bond acceptors (Lipinski definition) is 6. The quantitative estimate of drug-likeness (QED) is 0.393. The highest BCUT2D eigenvalue weighted by Gasteiger charge is 2.40. The summed E-state index contributed by atoms with van der Waals surface area (Å²) in [4.78, 5) is 26.6. The Morgan fingerprint density at radius 3 is 2.48 bits per heavy atom. The van der Waals surface area contributed by atoms with E-state index in [1.165, 1.54) is 0 Å². The Labute approximate surface area is 157 Å². The molecule has 3 aliphatic rings. The van der Waals surface area contributed by atoms with E-state index in [-0.39, 0.29) is 34.9 Å². The monoisotopic (exact) mass is 392 g/mol. The smallest absolute Gasteiger partial charge is 0.238 e. The maximum Gasteiger partial charge on any atom is 0.238 e. The van der Waals surface area contributed by atoms with E-state index in [1.807, 2.05) is 0 Å². The average Bonchev–Trinajstić information content (AvgIpc) is 3.12. The number of alkyl halides is 2. The molecule has 3 rings (SSSR count). The second-order valence-electron chi connectivity index (χ2n) is 7.03. The number of carbonyl (C=O) groups is 2. The van der Waals surface area contributed by atoms with E-state index in [2.05, 4.69) is 26.4 Å². The summed E-state index contributed by atoms with van der Waals surface area (Å²) in [6, 6.07) is -0.715. The first kappa shape index (κ1) is 19.1. The molecule has 6 N–H and O–H groups in total. The Balaban J connectivity index is 1.52. The maximum atomic E-state index is 12.6. The summed E-state index contributed by atoms with van der Waals surface area (Å²) >= 11 is 12.4. The van der Waals surface area contributed by atoms with Crippen LogP contribution in [-0.4, -0.2) is 65.5 Å². The van der Waals surface area contributed by atoms with Crippen LogP contribution in [0.25, 0.3) is 0 Å². The maximum absolute atomic E-state index is 12.6. The summed E-state index contributed by atoms with van der Waals surface area (Å²) in [5.74, 6) is -1.07. The Morgan fingerprint density at radius 1 is 1.12 bits per heavy atom. The van der Waals surface area contributed by atoms with Crippen LogP contribution in [0.15, 0.2) is 0 Å². The van der Waals surface area contributed by atoms with Gasteiger partial charge in [0.2, 0.25) is 11.8 Å². The molecule has 2 aliphatic heterocycles. The molecule has 1 saturated carbocycles. The summed E-state index contributed by atoms with van der Waals surface area (Å²) in [6.45, 7) is 2.84. The number of nitrogens with two attached hydrogens (primary N) is 1. The zero-order valence-corrected chi connectivity index (χ0v) is 15.5. The molecule has 0 bridgehead atoms. The highest BCUT2D eigenvalue weighted by Crippen LogP contribution is 2.32. The lowest BCUT2D eigenvalue weighted by Gasteiger charge is -2.38. The molecule has 10 heteroatoms. The average molecular weight is 393 g/mol. The molecule has 3 fully saturated rings. The summed E-state index contributed by atoms with van der Waals surface area (Å²) in [6.07, 6.45) is 2.64. The highest BCUT2D eigenvalue weighted by atomic mass is 35.5. The molecule has 0 aromatic rings. The topological polar surface area (TPSA) is 112 Å². The minimum absolute atomic E-state index is 0.140. The number of primary amides is 1. The first-order valence-electron chi connectivity index (χ1n) is 8.79. The first-order valence-corrected chi connectivity index (χ1v) is 9.66. The third kappa shape index (κ3) is 4.56. The predicted molar refractivity (Wildman–Crippen MR) is 95.8 cm³/mol. The lowest BCUT2D eigenvalue weighted by atomic mass is 9.83. The minimum atomic E-state index is -0.485. The first-order chi connectivity index (χ1) is 12.0. The van der Waals surface area contributed by atoms with E-state index in [0.717, 1.165) is 32.6 Å². The molecule has 142 valence electrons. The number of hydrazine groups is 1. The summed E-state index contributed by atoms with van der Waals surface area (Å²) in [5.41, 5.74) is 11.8. The SMILES string of the molecule is NC(=O)C1CC(Cl)C(Cl)CC1NC(=O)C1CCC(N2CCNC2)NN1. The molecule has 8 nitrogen and oxygen atoms in total. The van der Waals surface area contributed by atoms with Crippen molar-refractivity contribution in [3.63, 3.8) is 0 Å². The Morgan fingerprint density at radius 2 is 1.88 bits per heavy atom. The second-order valence-corrected chi connectivity index (χ2v) is 8.15. The molecule has 0 spiro atoms. The van der Waals surface area contributed by atoms with Gasteiger partial charge in [-0.15, -0.1) is 23.2 Å². The lowest BCUT2D eigenvalue weighted by molar-refractivity contribution is -0.128. The van der Waals surface area contributed by atoms with Crippen LogP contribution < -0.4 is 27.2 Å². The molecule has 6 atom stereocenters. The third-order valence-electron chi connectivity index (χ3n) is 5.33. The molecule has 25 heavy (non-hydrogen) atoms. The number of amides is 2. The molecule has 2 heterocycles. The molecule has 0 aromatic heterocycles. The van der Waals surface area contributed by atoms with Crippen molar-refractivity contribution in [3.8, 4) is 0 Å². The van der Waals surface area contributed by atoms with Crippen molar-refractivity contribution in [2.45, 2.75) is 54.7 Å². The van der Waals surface area contributed by atoms with Crippen LogP contribution in [0.4, 0.5) is 0 Å². The molecule has 2 amide bonds. The van der Waals surface area contributed by atoms with E-state index < -0.39 is 11.8 Å². The number of nitrogens with zero attached hydrogens (tertiary/aromatic N) is 1. The van der Waals surface area contributed by atoms with Gasteiger partial charge in [-0.1, -0.05) is 0 Å². The van der Waals surface area contributed by atoms with Gasteiger partial charge in [0, 0.05) is 25.8 Å². The number of carbonyl (C=O) groups excluding carboxylic acids is 2. The molecule has 0 aromatic carbocycles. The van der Waals surface area contributed by atoms with Gasteiger partial charge in [0.25, 0.3) is 0 Å². The van der Waals surface area contributed by atoms with E-state index in [0.29, 0.717) is 12.8 Å². The normalized spacial score (nSPS) is 39.9. The van der Waals surface area contributed by atoms with E-state index in [9.17, 15) is 9.59 Å². The van der Waals surface area contributed by atoms with E-state index in [4.69, 9.17) is 28.9 Å². The summed E-state index contributed by atoms with van der Waals surface area (Å²) < 4.78 is 0. The van der Waals surface area contributed by atoms with Gasteiger partial charge in [0.1, 0.15) is 6.04 Å².